The fourth-order valence-corrected chi connectivity index (χ4v) is 7.86. The van der Waals surface area contributed by atoms with Gasteiger partial charge in [0.15, 0.2) is 0 Å². The molecule has 0 amide bonds. The van der Waals surface area contributed by atoms with Crippen molar-refractivity contribution in [3.63, 3.8) is 0 Å². The van der Waals surface area contributed by atoms with E-state index >= 15 is 0 Å². The average molecular weight is 583 g/mol. The summed E-state index contributed by atoms with van der Waals surface area (Å²) in [6, 6.07) is 19.2. The number of esters is 2. The van der Waals surface area contributed by atoms with Gasteiger partial charge in [-0.25, -0.2) is 0 Å². The molecule has 1 aliphatic heterocycles. The molecule has 1 saturated heterocycles. The van der Waals surface area contributed by atoms with Crippen LogP contribution in [-0.4, -0.2) is 70.0 Å². The Morgan fingerprint density at radius 1 is 0.905 bits per heavy atom. The van der Waals surface area contributed by atoms with Gasteiger partial charge in [-0.05, 0) is 44.7 Å². The Hall–Kier alpha value is -2.82. The molecule has 1 spiro atoms. The van der Waals surface area contributed by atoms with E-state index < -0.39 is 64.5 Å². The van der Waals surface area contributed by atoms with Gasteiger partial charge in [-0.15, -0.1) is 0 Å². The highest BCUT2D eigenvalue weighted by atomic mass is 16.6. The van der Waals surface area contributed by atoms with Gasteiger partial charge >= 0.3 is 11.9 Å². The molecule has 42 heavy (non-hydrogen) atoms. The van der Waals surface area contributed by atoms with E-state index in [-0.39, 0.29) is 26.2 Å². The Labute approximate surface area is 247 Å². The standard InChI is InChI=1S/C33H42O9/c1-21(34)40-20-32-25(38-18-23-12-8-6-9-13-23)16-17-31(5,37)33(32)28(36)26(30(3,4)42-33)27(41-22(2)35)29(32)39-19-24-14-10-7-11-15-24/h6-15,25-29,36-37H,16-20H2,1-5H3. The maximum Gasteiger partial charge on any atom is 0.303 e. The largest absolute Gasteiger partial charge is 0.465 e. The summed E-state index contributed by atoms with van der Waals surface area (Å²) < 4.78 is 32.0. The molecule has 9 heteroatoms. The summed E-state index contributed by atoms with van der Waals surface area (Å²) in [6.07, 6.45) is -3.41. The lowest BCUT2D eigenvalue weighted by Gasteiger charge is -2.66. The number of carbonyl (C=O) groups excluding carboxylic acids is 2. The lowest BCUT2D eigenvalue weighted by atomic mass is 9.46. The summed E-state index contributed by atoms with van der Waals surface area (Å²) in [5.41, 5.74) is -4.02. The molecular formula is C33H42O9. The highest BCUT2D eigenvalue weighted by Crippen LogP contribution is 2.68. The SMILES string of the molecule is CC(=O)OCC12C(OCc3ccccc3)CCC(C)(O)C13OC(C)(C)C(C(OC(C)=O)C2OCc1ccccc1)C3O. The van der Waals surface area contributed by atoms with Crippen molar-refractivity contribution in [3.8, 4) is 0 Å². The fraction of sp³-hybridized carbons (Fsp3) is 0.576. The number of hydrogen-bond donors (Lipinski definition) is 2. The highest BCUT2D eigenvalue weighted by molar-refractivity contribution is 5.67. The number of fused-ring (bicyclic) bond motifs is 1. The first kappa shape index (κ1) is 30.6. The minimum Gasteiger partial charge on any atom is -0.465 e. The Balaban J connectivity index is 1.71. The highest BCUT2D eigenvalue weighted by Gasteiger charge is 2.85. The molecule has 2 N–H and O–H groups in total. The molecule has 3 aliphatic rings. The summed E-state index contributed by atoms with van der Waals surface area (Å²) in [5.74, 6) is -1.86. The van der Waals surface area contributed by atoms with Gasteiger partial charge in [0.1, 0.15) is 24.4 Å². The lowest BCUT2D eigenvalue weighted by molar-refractivity contribution is -0.359. The maximum absolute atomic E-state index is 12.6. The first-order valence-corrected chi connectivity index (χ1v) is 14.6. The Bertz CT molecular complexity index is 1260. The van der Waals surface area contributed by atoms with Crippen LogP contribution in [0.4, 0.5) is 0 Å². The summed E-state index contributed by atoms with van der Waals surface area (Å²) >= 11 is 0. The second-order valence-corrected chi connectivity index (χ2v) is 12.6. The van der Waals surface area contributed by atoms with Crippen LogP contribution in [0, 0.1) is 11.3 Å². The molecule has 228 valence electrons. The molecule has 9 nitrogen and oxygen atoms in total. The van der Waals surface area contributed by atoms with Crippen LogP contribution in [-0.2, 0) is 46.5 Å². The minimum atomic E-state index is -1.69. The van der Waals surface area contributed by atoms with Crippen LogP contribution in [0.15, 0.2) is 60.7 Å². The summed E-state index contributed by atoms with van der Waals surface area (Å²) in [6.45, 7) is 7.94. The summed E-state index contributed by atoms with van der Waals surface area (Å²) in [7, 11) is 0. The van der Waals surface area contributed by atoms with Crippen molar-refractivity contribution in [3.05, 3.63) is 71.8 Å². The van der Waals surface area contributed by atoms with Crippen LogP contribution in [0.1, 0.15) is 58.6 Å². The molecule has 0 radical (unpaired) electrons. The van der Waals surface area contributed by atoms with Crippen LogP contribution in [0.3, 0.4) is 0 Å². The van der Waals surface area contributed by atoms with Gasteiger partial charge in [0.25, 0.3) is 0 Å². The number of hydrogen-bond acceptors (Lipinski definition) is 9. The molecule has 8 unspecified atom stereocenters. The quantitative estimate of drug-likeness (QED) is 0.426. The summed E-state index contributed by atoms with van der Waals surface area (Å²) in [5, 5.41) is 24.5. The number of ether oxygens (including phenoxy) is 5. The second-order valence-electron chi connectivity index (χ2n) is 12.6. The van der Waals surface area contributed by atoms with E-state index in [0.717, 1.165) is 11.1 Å². The van der Waals surface area contributed by atoms with E-state index in [9.17, 15) is 19.8 Å². The topological polar surface area (TPSA) is 121 Å². The lowest BCUT2D eigenvalue weighted by Crippen LogP contribution is -2.83. The maximum atomic E-state index is 12.6. The average Bonchev–Trinajstić information content (AvgIpc) is 3.11. The molecule has 2 aromatic carbocycles. The van der Waals surface area contributed by atoms with Gasteiger partial charge in [-0.3, -0.25) is 9.59 Å². The van der Waals surface area contributed by atoms with Crippen molar-refractivity contribution < 1.29 is 43.5 Å². The van der Waals surface area contributed by atoms with Crippen LogP contribution in [0.5, 0.6) is 0 Å². The molecule has 5 rings (SSSR count). The second kappa shape index (κ2) is 11.4. The Kier molecular flexibility index (Phi) is 8.28. The van der Waals surface area contributed by atoms with Gasteiger partial charge in [-0.2, -0.15) is 0 Å². The van der Waals surface area contributed by atoms with Crippen LogP contribution < -0.4 is 0 Å². The van der Waals surface area contributed by atoms with Gasteiger partial charge in [0, 0.05) is 13.8 Å². The molecule has 2 aromatic rings. The number of aliphatic hydroxyl groups is 2. The molecular weight excluding hydrogens is 540 g/mol. The van der Waals surface area contributed by atoms with E-state index in [0.29, 0.717) is 6.42 Å². The van der Waals surface area contributed by atoms with Crippen molar-refractivity contribution in [1.29, 1.82) is 0 Å². The van der Waals surface area contributed by atoms with Crippen LogP contribution >= 0.6 is 0 Å². The number of rotatable bonds is 9. The van der Waals surface area contributed by atoms with E-state index in [2.05, 4.69) is 0 Å². The molecule has 1 heterocycles. The Morgan fingerprint density at radius 3 is 2.02 bits per heavy atom. The normalized spacial score (nSPS) is 36.6. The molecule has 3 fully saturated rings. The van der Waals surface area contributed by atoms with Crippen molar-refractivity contribution in [1.82, 2.24) is 0 Å². The smallest absolute Gasteiger partial charge is 0.303 e. The van der Waals surface area contributed by atoms with Crippen LogP contribution in [0.25, 0.3) is 0 Å². The number of benzene rings is 2. The fourth-order valence-electron chi connectivity index (χ4n) is 7.86. The minimum absolute atomic E-state index is 0.137. The number of carbonyl (C=O) groups is 2. The third-order valence-electron chi connectivity index (χ3n) is 9.49. The van der Waals surface area contributed by atoms with Crippen LogP contribution in [0.2, 0.25) is 0 Å². The van der Waals surface area contributed by atoms with E-state index in [1.165, 1.54) is 13.8 Å². The van der Waals surface area contributed by atoms with Crippen molar-refractivity contribution in [2.24, 2.45) is 11.3 Å². The molecule has 8 atom stereocenters. The molecule has 2 bridgehead atoms. The van der Waals surface area contributed by atoms with Crippen molar-refractivity contribution in [2.45, 2.75) is 102 Å². The first-order valence-electron chi connectivity index (χ1n) is 14.6. The third-order valence-corrected chi connectivity index (χ3v) is 9.49. The van der Waals surface area contributed by atoms with Crippen molar-refractivity contribution in [2.75, 3.05) is 6.61 Å². The third kappa shape index (κ3) is 4.95. The predicted octanol–water partition coefficient (Wildman–Crippen LogP) is 3.72. The van der Waals surface area contributed by atoms with Gasteiger partial charge in [-0.1, -0.05) is 60.7 Å². The monoisotopic (exact) mass is 582 g/mol. The van der Waals surface area contributed by atoms with Crippen molar-refractivity contribution >= 4 is 11.9 Å². The van der Waals surface area contributed by atoms with E-state index in [4.69, 9.17) is 23.7 Å². The first-order chi connectivity index (χ1) is 19.9. The zero-order chi connectivity index (χ0) is 30.3. The molecule has 2 saturated carbocycles. The van der Waals surface area contributed by atoms with Gasteiger partial charge < -0.3 is 33.9 Å². The predicted molar refractivity (Wildman–Crippen MR) is 152 cm³/mol. The zero-order valence-corrected chi connectivity index (χ0v) is 24.9. The van der Waals surface area contributed by atoms with Gasteiger partial charge in [0.05, 0.1) is 48.0 Å². The van der Waals surface area contributed by atoms with E-state index in [1.807, 2.05) is 74.5 Å². The summed E-state index contributed by atoms with van der Waals surface area (Å²) in [4.78, 5) is 25.0. The Morgan fingerprint density at radius 2 is 1.48 bits per heavy atom. The van der Waals surface area contributed by atoms with Gasteiger partial charge in [0.2, 0.25) is 0 Å². The molecule has 2 aliphatic carbocycles. The zero-order valence-electron chi connectivity index (χ0n) is 24.9. The molecule has 0 aromatic heterocycles. The number of aliphatic hydroxyl groups excluding tert-OH is 1. The van der Waals surface area contributed by atoms with E-state index in [1.54, 1.807) is 6.92 Å².